The number of ether oxygens (including phenoxy) is 1. The van der Waals surface area contributed by atoms with Crippen molar-refractivity contribution in [3.8, 4) is 38.8 Å². The second-order valence-corrected chi connectivity index (χ2v) is 11.2. The first kappa shape index (κ1) is 23.8. The Hall–Kier alpha value is -4.30. The van der Waals surface area contributed by atoms with Crippen LogP contribution in [0.2, 0.25) is 0 Å². The van der Waals surface area contributed by atoms with Gasteiger partial charge in [0.2, 0.25) is 0 Å². The van der Waals surface area contributed by atoms with Gasteiger partial charge < -0.3 is 9.72 Å². The number of benzene rings is 1. The van der Waals surface area contributed by atoms with Crippen molar-refractivity contribution >= 4 is 38.9 Å². The molecule has 1 fully saturated rings. The first-order valence-corrected chi connectivity index (χ1v) is 14.1. The van der Waals surface area contributed by atoms with Crippen molar-refractivity contribution < 1.29 is 9.53 Å². The van der Waals surface area contributed by atoms with Gasteiger partial charge in [-0.05, 0) is 80.6 Å². The van der Waals surface area contributed by atoms with Gasteiger partial charge in [-0.15, -0.1) is 11.3 Å². The molecule has 1 aliphatic rings. The van der Waals surface area contributed by atoms with E-state index in [1.54, 1.807) is 13.1 Å². The zero-order chi connectivity index (χ0) is 26.3. The number of nitrogens with one attached hydrogen (secondary N) is 2. The summed E-state index contributed by atoms with van der Waals surface area (Å²) in [5.74, 6) is 0.886. The van der Waals surface area contributed by atoms with Gasteiger partial charge in [-0.25, -0.2) is 0 Å². The molecule has 1 aromatic carbocycles. The quantitative estimate of drug-likeness (QED) is 0.213. The lowest BCUT2D eigenvalue weighted by molar-refractivity contribution is 0.102. The molecule has 1 aliphatic carbocycles. The number of carbonyl (C=O) groups excluding carboxylic acids is 1. The molecular weight excluding hydrogens is 506 g/mol. The zero-order valence-electron chi connectivity index (χ0n) is 21.5. The number of ketones is 1. The largest absolute Gasteiger partial charge is 0.489 e. The van der Waals surface area contributed by atoms with Gasteiger partial charge in [0.1, 0.15) is 11.4 Å². The lowest BCUT2D eigenvalue weighted by Gasteiger charge is -2.23. The van der Waals surface area contributed by atoms with Gasteiger partial charge in [-0.2, -0.15) is 5.10 Å². The third kappa shape index (κ3) is 4.51. The van der Waals surface area contributed by atoms with Crippen LogP contribution >= 0.6 is 11.3 Å². The fraction of sp³-hybridized carbons (Fsp3) is 0.226. The van der Waals surface area contributed by atoms with Crippen molar-refractivity contribution in [1.82, 2.24) is 25.1 Å². The molecule has 194 valence electrons. The molecule has 0 spiro atoms. The second kappa shape index (κ2) is 9.78. The number of hydrogen-bond donors (Lipinski definition) is 2. The van der Waals surface area contributed by atoms with Crippen LogP contribution in [0, 0.1) is 0 Å². The van der Waals surface area contributed by atoms with E-state index in [1.165, 1.54) is 30.6 Å². The summed E-state index contributed by atoms with van der Waals surface area (Å²) in [6.07, 6.45) is 11.8. The SMILES string of the molecule is CC(=O)c1ccc(-c2nccc3[nH]c(-c4n[nH]c5ccc(-c6cncc(OC7CCCCC7)c6)cc45)cc23)s1. The third-order valence-corrected chi connectivity index (χ3v) is 8.65. The van der Waals surface area contributed by atoms with Crippen molar-refractivity contribution in [2.75, 3.05) is 0 Å². The first-order valence-electron chi connectivity index (χ1n) is 13.3. The Labute approximate surface area is 229 Å². The molecule has 0 unspecified atom stereocenters. The molecule has 6 aromatic rings. The number of carbonyl (C=O) groups is 1. The summed E-state index contributed by atoms with van der Waals surface area (Å²) in [5, 5.41) is 9.85. The number of aromatic amines is 2. The number of hydrogen-bond acceptors (Lipinski definition) is 6. The van der Waals surface area contributed by atoms with Crippen molar-refractivity contribution in [2.24, 2.45) is 0 Å². The van der Waals surface area contributed by atoms with Crippen LogP contribution in [0.25, 0.3) is 54.9 Å². The predicted molar refractivity (Wildman–Crippen MR) is 155 cm³/mol. The fourth-order valence-electron chi connectivity index (χ4n) is 5.45. The Morgan fingerprint density at radius 1 is 0.923 bits per heavy atom. The Morgan fingerprint density at radius 2 is 1.79 bits per heavy atom. The van der Waals surface area contributed by atoms with Crippen molar-refractivity contribution in [3.05, 3.63) is 72.0 Å². The summed E-state index contributed by atoms with van der Waals surface area (Å²) in [6.45, 7) is 1.59. The molecular formula is C31H27N5O2S. The van der Waals surface area contributed by atoms with Gasteiger partial charge in [0.05, 0.1) is 39.0 Å². The highest BCUT2D eigenvalue weighted by atomic mass is 32.1. The molecule has 8 heteroatoms. The van der Waals surface area contributed by atoms with E-state index < -0.39 is 0 Å². The zero-order valence-corrected chi connectivity index (χ0v) is 22.3. The Bertz CT molecular complexity index is 1830. The molecule has 1 saturated carbocycles. The molecule has 0 bridgehead atoms. The summed E-state index contributed by atoms with van der Waals surface area (Å²) in [4.78, 5) is 26.2. The number of H-pyrrole nitrogens is 2. The van der Waals surface area contributed by atoms with Crippen molar-refractivity contribution in [1.29, 1.82) is 0 Å². The summed E-state index contributed by atoms with van der Waals surface area (Å²) in [6, 6.07) is 16.3. The van der Waals surface area contributed by atoms with Gasteiger partial charge in [0.15, 0.2) is 5.78 Å². The van der Waals surface area contributed by atoms with Gasteiger partial charge in [0, 0.05) is 34.2 Å². The van der Waals surface area contributed by atoms with E-state index in [9.17, 15) is 4.79 Å². The van der Waals surface area contributed by atoms with Crippen LogP contribution in [0.1, 0.15) is 48.7 Å². The number of Topliss-reactive ketones (excluding diaryl/α,β-unsaturated/α-hetero) is 1. The molecule has 2 N–H and O–H groups in total. The van der Waals surface area contributed by atoms with Crippen molar-refractivity contribution in [3.63, 3.8) is 0 Å². The van der Waals surface area contributed by atoms with Gasteiger partial charge in [-0.3, -0.25) is 19.9 Å². The number of fused-ring (bicyclic) bond motifs is 2. The fourth-order valence-corrected chi connectivity index (χ4v) is 6.36. The van der Waals surface area contributed by atoms with Crippen LogP contribution in [0.5, 0.6) is 5.75 Å². The van der Waals surface area contributed by atoms with E-state index >= 15 is 0 Å². The smallest absolute Gasteiger partial charge is 0.169 e. The highest BCUT2D eigenvalue weighted by molar-refractivity contribution is 7.17. The molecule has 7 nitrogen and oxygen atoms in total. The van der Waals surface area contributed by atoms with E-state index in [4.69, 9.17) is 4.74 Å². The molecule has 0 atom stereocenters. The predicted octanol–water partition coefficient (Wildman–Crippen LogP) is 7.81. The van der Waals surface area contributed by atoms with Crippen LogP contribution < -0.4 is 4.74 Å². The maximum Gasteiger partial charge on any atom is 0.169 e. The number of thiophene rings is 1. The lowest BCUT2D eigenvalue weighted by atomic mass is 9.98. The minimum absolute atomic E-state index is 0.0632. The van der Waals surface area contributed by atoms with Crippen molar-refractivity contribution in [2.45, 2.75) is 45.1 Å². The second-order valence-electron chi connectivity index (χ2n) is 10.1. The first-order chi connectivity index (χ1) is 19.1. The van der Waals surface area contributed by atoms with E-state index in [0.29, 0.717) is 0 Å². The van der Waals surface area contributed by atoms with Gasteiger partial charge in [-0.1, -0.05) is 12.5 Å². The van der Waals surface area contributed by atoms with Crippen LogP contribution in [0.4, 0.5) is 0 Å². The number of rotatable bonds is 6. The maximum absolute atomic E-state index is 11.8. The maximum atomic E-state index is 11.8. The lowest BCUT2D eigenvalue weighted by Crippen LogP contribution is -2.19. The Kier molecular flexibility index (Phi) is 5.97. The number of aromatic nitrogens is 5. The van der Waals surface area contributed by atoms with E-state index in [1.807, 2.05) is 30.6 Å². The summed E-state index contributed by atoms with van der Waals surface area (Å²) in [7, 11) is 0. The minimum Gasteiger partial charge on any atom is -0.489 e. The molecule has 0 aliphatic heterocycles. The summed E-state index contributed by atoms with van der Waals surface area (Å²) >= 11 is 1.47. The Balaban J connectivity index is 1.25. The number of pyridine rings is 2. The minimum atomic E-state index is 0.0632. The molecule has 39 heavy (non-hydrogen) atoms. The average Bonchev–Trinajstić information content (AvgIpc) is 3.71. The molecule has 0 radical (unpaired) electrons. The van der Waals surface area contributed by atoms with E-state index in [0.717, 1.165) is 78.4 Å². The highest BCUT2D eigenvalue weighted by Gasteiger charge is 2.18. The molecule has 0 saturated heterocycles. The Morgan fingerprint density at radius 3 is 2.64 bits per heavy atom. The van der Waals surface area contributed by atoms with Crippen LogP contribution in [0.15, 0.2) is 67.1 Å². The standard InChI is InChI=1S/C31H27N5O2S/c1-18(37)28-9-10-29(39-28)31-24-15-27(34-25(24)11-12-33-31)30-23-14-19(7-8-26(23)35-36-30)20-13-22(17-32-16-20)38-21-5-3-2-4-6-21/h7-17,21,34H,2-6H2,1H3,(H,35,36). The molecule has 7 rings (SSSR count). The molecule has 5 aromatic heterocycles. The number of nitrogens with zero attached hydrogens (tertiary/aromatic N) is 3. The average molecular weight is 534 g/mol. The third-order valence-electron chi connectivity index (χ3n) is 7.45. The molecule has 0 amide bonds. The normalized spacial score (nSPS) is 14.3. The monoisotopic (exact) mass is 533 g/mol. The highest BCUT2D eigenvalue weighted by Crippen LogP contribution is 2.37. The van der Waals surface area contributed by atoms with E-state index in [-0.39, 0.29) is 11.9 Å². The van der Waals surface area contributed by atoms with Crippen LogP contribution in [-0.2, 0) is 0 Å². The van der Waals surface area contributed by atoms with Crippen LogP contribution in [0.3, 0.4) is 0 Å². The van der Waals surface area contributed by atoms with Crippen LogP contribution in [-0.4, -0.2) is 37.0 Å². The topological polar surface area (TPSA) is 96.6 Å². The van der Waals surface area contributed by atoms with E-state index in [2.05, 4.69) is 55.5 Å². The summed E-state index contributed by atoms with van der Waals surface area (Å²) < 4.78 is 6.27. The van der Waals surface area contributed by atoms with Gasteiger partial charge in [0.25, 0.3) is 0 Å². The summed E-state index contributed by atoms with van der Waals surface area (Å²) in [5.41, 5.74) is 6.59. The van der Waals surface area contributed by atoms with Gasteiger partial charge >= 0.3 is 0 Å². The molecule has 5 heterocycles.